The molecule has 210 valence electrons. The van der Waals surface area contributed by atoms with Gasteiger partial charge in [0.25, 0.3) is 0 Å². The van der Waals surface area contributed by atoms with Crippen LogP contribution in [0.25, 0.3) is 11.3 Å². The van der Waals surface area contributed by atoms with Crippen molar-refractivity contribution in [2.45, 2.75) is 18.9 Å². The van der Waals surface area contributed by atoms with E-state index in [1.54, 1.807) is 12.1 Å². The zero-order valence-electron chi connectivity index (χ0n) is 22.4. The minimum atomic E-state index is -0.143. The van der Waals surface area contributed by atoms with Crippen LogP contribution in [-0.2, 0) is 20.7 Å². The van der Waals surface area contributed by atoms with Gasteiger partial charge in [-0.1, -0.05) is 6.07 Å². The standard InChI is InChI=1S/C23H28N4O5.C5H9NO/c1-24-5-6-30-7-8-31-9-10-32-17-4-2-3-16(13-17)25-23-19-11-15-12-20(28)21(29)14-18(15)22(19)26-27-23;1-6-4-5(6)2-3-7/h2-4,12-14,24,28-29H,5-11H2,1H3,(H2,25,26,27);3,5H,2,4H2,1H3. The highest BCUT2D eigenvalue weighted by atomic mass is 16.5. The molecule has 11 heteroatoms. The van der Waals surface area contributed by atoms with Crippen molar-refractivity contribution in [2.24, 2.45) is 0 Å². The molecule has 2 aromatic carbocycles. The highest BCUT2D eigenvalue weighted by molar-refractivity contribution is 5.81. The summed E-state index contributed by atoms with van der Waals surface area (Å²) >= 11 is 0. The number of fused-ring (bicyclic) bond motifs is 3. The molecule has 2 aliphatic rings. The van der Waals surface area contributed by atoms with E-state index < -0.39 is 0 Å². The summed E-state index contributed by atoms with van der Waals surface area (Å²) in [6, 6.07) is 11.4. The number of aromatic nitrogens is 2. The number of carbonyl (C=O) groups excluding carboxylic acids is 1. The molecule has 5 N–H and O–H groups in total. The van der Waals surface area contributed by atoms with Crippen molar-refractivity contribution >= 4 is 17.8 Å². The van der Waals surface area contributed by atoms with Gasteiger partial charge in [-0.15, -0.1) is 0 Å². The summed E-state index contributed by atoms with van der Waals surface area (Å²) in [6.07, 6.45) is 2.31. The minimum Gasteiger partial charge on any atom is -0.504 e. The van der Waals surface area contributed by atoms with Crippen molar-refractivity contribution in [3.8, 4) is 28.5 Å². The molecule has 5 rings (SSSR count). The molecule has 11 nitrogen and oxygen atoms in total. The molecule has 1 aliphatic carbocycles. The highest BCUT2D eigenvalue weighted by Crippen LogP contribution is 2.43. The molecule has 1 aliphatic heterocycles. The molecule has 0 radical (unpaired) electrons. The molecule has 2 heterocycles. The van der Waals surface area contributed by atoms with Gasteiger partial charge in [-0.2, -0.15) is 5.10 Å². The molecule has 1 fully saturated rings. The van der Waals surface area contributed by atoms with Crippen molar-refractivity contribution in [1.29, 1.82) is 0 Å². The smallest absolute Gasteiger partial charge is 0.158 e. The van der Waals surface area contributed by atoms with Crippen LogP contribution in [0.1, 0.15) is 17.5 Å². The van der Waals surface area contributed by atoms with Crippen molar-refractivity contribution in [3.05, 3.63) is 47.5 Å². The van der Waals surface area contributed by atoms with Crippen molar-refractivity contribution < 1.29 is 29.2 Å². The number of H-pyrrole nitrogens is 1. The Morgan fingerprint density at radius 1 is 1.10 bits per heavy atom. The second kappa shape index (κ2) is 13.9. The second-order valence-corrected chi connectivity index (χ2v) is 9.43. The number of ether oxygens (including phenoxy) is 3. The van der Waals surface area contributed by atoms with Gasteiger partial charge in [0.15, 0.2) is 17.3 Å². The zero-order valence-corrected chi connectivity index (χ0v) is 22.4. The molecular weight excluding hydrogens is 502 g/mol. The topological polar surface area (TPSA) is 141 Å². The number of aromatic hydroxyl groups is 2. The quantitative estimate of drug-likeness (QED) is 0.0703. The van der Waals surface area contributed by atoms with Crippen LogP contribution < -0.4 is 15.4 Å². The molecule has 39 heavy (non-hydrogen) atoms. The van der Waals surface area contributed by atoms with Crippen LogP contribution in [0, 0.1) is 0 Å². The van der Waals surface area contributed by atoms with Crippen molar-refractivity contribution in [3.63, 3.8) is 0 Å². The third-order valence-electron chi connectivity index (χ3n) is 6.52. The summed E-state index contributed by atoms with van der Waals surface area (Å²) < 4.78 is 16.7. The van der Waals surface area contributed by atoms with E-state index in [9.17, 15) is 15.0 Å². The van der Waals surface area contributed by atoms with Crippen molar-refractivity contribution in [1.82, 2.24) is 20.4 Å². The molecule has 0 amide bonds. The molecule has 0 spiro atoms. The van der Waals surface area contributed by atoms with E-state index in [-0.39, 0.29) is 11.5 Å². The van der Waals surface area contributed by atoms with E-state index in [1.807, 2.05) is 38.4 Å². The number of likely N-dealkylation sites (N-methyl/N-ethyl adjacent to an activating group) is 2. The zero-order chi connectivity index (χ0) is 27.6. The van der Waals surface area contributed by atoms with Crippen LogP contribution in [0.3, 0.4) is 0 Å². The first-order valence-electron chi connectivity index (χ1n) is 13.1. The molecule has 2 unspecified atom stereocenters. The number of nitrogens with zero attached hydrogens (tertiary/aromatic N) is 2. The number of hydrogen-bond donors (Lipinski definition) is 5. The SMILES string of the molecule is CN1CC1CC=O.CNCCOCCOCCOc1cccc(Nc2n[nH]c3c2Cc2cc(O)c(O)cc2-3)c1. The van der Waals surface area contributed by atoms with E-state index >= 15 is 0 Å². The Balaban J connectivity index is 0.000000438. The van der Waals surface area contributed by atoms with Gasteiger partial charge in [0.05, 0.1) is 32.1 Å². The summed E-state index contributed by atoms with van der Waals surface area (Å²) in [5.74, 6) is 1.17. The lowest BCUT2D eigenvalue weighted by Gasteiger charge is -2.10. The van der Waals surface area contributed by atoms with E-state index in [0.717, 1.165) is 59.6 Å². The number of rotatable bonds is 14. The first kappa shape index (κ1) is 28.4. The van der Waals surface area contributed by atoms with Gasteiger partial charge in [-0.25, -0.2) is 0 Å². The van der Waals surface area contributed by atoms with Gasteiger partial charge in [0.1, 0.15) is 18.6 Å². The van der Waals surface area contributed by atoms with Gasteiger partial charge < -0.3 is 44.8 Å². The number of phenolic OH excluding ortho intramolecular Hbond substituents is 2. The lowest BCUT2D eigenvalue weighted by molar-refractivity contribution is -0.107. The normalized spacial score (nSPS) is 16.6. The third-order valence-corrected chi connectivity index (χ3v) is 6.52. The fourth-order valence-electron chi connectivity index (χ4n) is 4.22. The predicted molar refractivity (Wildman–Crippen MR) is 148 cm³/mol. The number of phenols is 2. The maximum atomic E-state index is 9.81. The van der Waals surface area contributed by atoms with E-state index in [1.165, 1.54) is 0 Å². The summed E-state index contributed by atoms with van der Waals surface area (Å²) in [6.45, 7) is 4.65. The van der Waals surface area contributed by atoms with E-state index in [4.69, 9.17) is 14.2 Å². The van der Waals surface area contributed by atoms with E-state index in [0.29, 0.717) is 51.3 Å². The number of carbonyl (C=O) groups is 1. The molecule has 1 aromatic heterocycles. The van der Waals surface area contributed by atoms with Crippen LogP contribution in [-0.4, -0.2) is 97.9 Å². The highest BCUT2D eigenvalue weighted by Gasteiger charge is 2.28. The number of aldehydes is 1. The molecular formula is C28H37N5O6. The number of nitrogens with one attached hydrogen (secondary N) is 3. The second-order valence-electron chi connectivity index (χ2n) is 9.43. The maximum Gasteiger partial charge on any atom is 0.158 e. The molecule has 3 aromatic rings. The van der Waals surface area contributed by atoms with Gasteiger partial charge in [-0.3, -0.25) is 5.10 Å². The summed E-state index contributed by atoms with van der Waals surface area (Å²) in [5, 5.41) is 33.3. The fraction of sp³-hybridized carbons (Fsp3) is 0.429. The first-order valence-corrected chi connectivity index (χ1v) is 13.1. The Morgan fingerprint density at radius 2 is 1.85 bits per heavy atom. The maximum absolute atomic E-state index is 9.81. The molecule has 2 atom stereocenters. The summed E-state index contributed by atoms with van der Waals surface area (Å²) in [7, 11) is 3.91. The van der Waals surface area contributed by atoms with Crippen LogP contribution in [0.5, 0.6) is 17.2 Å². The van der Waals surface area contributed by atoms with Gasteiger partial charge in [-0.05, 0) is 43.9 Å². The van der Waals surface area contributed by atoms with Gasteiger partial charge in [0, 0.05) is 54.9 Å². The lowest BCUT2D eigenvalue weighted by atomic mass is 10.1. The Morgan fingerprint density at radius 3 is 2.56 bits per heavy atom. The number of anilines is 2. The van der Waals surface area contributed by atoms with Gasteiger partial charge >= 0.3 is 0 Å². The fourth-order valence-corrected chi connectivity index (χ4v) is 4.22. The Bertz CT molecular complexity index is 1230. The first-order chi connectivity index (χ1) is 19.0. The summed E-state index contributed by atoms with van der Waals surface area (Å²) in [4.78, 5) is 11.9. The number of aromatic amines is 1. The Kier molecular flexibility index (Phi) is 10.1. The van der Waals surface area contributed by atoms with E-state index in [2.05, 4.69) is 25.7 Å². The molecule has 1 saturated heterocycles. The van der Waals surface area contributed by atoms with Crippen LogP contribution in [0.2, 0.25) is 0 Å². The lowest BCUT2D eigenvalue weighted by Crippen LogP contribution is -2.17. The number of hydrogen-bond acceptors (Lipinski definition) is 10. The van der Waals surface area contributed by atoms with Crippen LogP contribution >= 0.6 is 0 Å². The monoisotopic (exact) mass is 539 g/mol. The molecule has 0 bridgehead atoms. The number of benzene rings is 2. The average molecular weight is 540 g/mol. The predicted octanol–water partition coefficient (Wildman–Crippen LogP) is 2.66. The Labute approximate surface area is 228 Å². The molecule has 0 saturated carbocycles. The largest absolute Gasteiger partial charge is 0.504 e. The third kappa shape index (κ3) is 7.93. The van der Waals surface area contributed by atoms with Crippen molar-refractivity contribution in [2.75, 3.05) is 65.5 Å². The Hall–Kier alpha value is -3.64. The van der Waals surface area contributed by atoms with Crippen LogP contribution in [0.4, 0.5) is 11.5 Å². The summed E-state index contributed by atoms with van der Waals surface area (Å²) in [5.41, 5.74) is 4.47. The average Bonchev–Trinajstić information content (AvgIpc) is 3.32. The van der Waals surface area contributed by atoms with Gasteiger partial charge in [0.2, 0.25) is 0 Å². The minimum absolute atomic E-state index is 0.119. The van der Waals surface area contributed by atoms with Crippen LogP contribution in [0.15, 0.2) is 36.4 Å².